The van der Waals surface area contributed by atoms with Gasteiger partial charge in [-0.15, -0.1) is 0 Å². The average Bonchev–Trinajstić information content (AvgIpc) is 2.55. The molecule has 24 heavy (non-hydrogen) atoms. The van der Waals surface area contributed by atoms with E-state index in [1.54, 1.807) is 18.7 Å². The third kappa shape index (κ3) is 5.62. The van der Waals surface area contributed by atoms with E-state index in [1.165, 1.54) is 11.8 Å². The van der Waals surface area contributed by atoms with Crippen molar-refractivity contribution in [2.75, 3.05) is 26.3 Å². The highest BCUT2D eigenvalue weighted by molar-refractivity contribution is 8.06. The Morgan fingerprint density at radius 3 is 2.00 bits per heavy atom. The van der Waals surface area contributed by atoms with E-state index in [4.69, 9.17) is 9.05 Å². The number of rotatable bonds is 10. The smallest absolute Gasteiger partial charge is 0.342 e. The second-order valence-corrected chi connectivity index (χ2v) is 8.81. The van der Waals surface area contributed by atoms with Crippen molar-refractivity contribution in [3.05, 3.63) is 29.8 Å². The zero-order chi connectivity index (χ0) is 18.2. The van der Waals surface area contributed by atoms with E-state index in [2.05, 4.69) is 0 Å². The molecule has 0 aromatic heterocycles. The Morgan fingerprint density at radius 2 is 1.58 bits per heavy atom. The summed E-state index contributed by atoms with van der Waals surface area (Å²) in [5, 5.41) is 0. The molecular weight excluding hydrogens is 345 g/mol. The zero-order valence-corrected chi connectivity index (χ0v) is 16.9. The minimum absolute atomic E-state index is 0.212. The normalized spacial score (nSPS) is 12.9. The molecule has 1 unspecified atom stereocenters. The summed E-state index contributed by atoms with van der Waals surface area (Å²) in [5.41, 5.74) is 1.13. The Morgan fingerprint density at radius 1 is 1.08 bits per heavy atom. The van der Waals surface area contributed by atoms with Crippen LogP contribution in [0.1, 0.15) is 33.3 Å². The van der Waals surface area contributed by atoms with Gasteiger partial charge < -0.3 is 13.9 Å². The SMILES string of the molecule is CCOP(=O)(OCC)C(Sc1ccc(C)cc1)C(=O)N(CC)CC. The van der Waals surface area contributed by atoms with Gasteiger partial charge in [-0.25, -0.2) is 0 Å². The van der Waals surface area contributed by atoms with Crippen LogP contribution in [0, 0.1) is 6.92 Å². The molecule has 1 rings (SSSR count). The first-order valence-corrected chi connectivity index (χ1v) is 10.8. The third-order valence-electron chi connectivity index (χ3n) is 3.46. The summed E-state index contributed by atoms with van der Waals surface area (Å²) in [6.07, 6.45) is 0. The molecule has 1 aromatic rings. The van der Waals surface area contributed by atoms with Gasteiger partial charge in [0.2, 0.25) is 5.91 Å². The van der Waals surface area contributed by atoms with Gasteiger partial charge in [-0.05, 0) is 46.8 Å². The number of amides is 1. The first-order chi connectivity index (χ1) is 11.4. The maximum Gasteiger partial charge on any atom is 0.353 e. The minimum Gasteiger partial charge on any atom is -0.342 e. The maximum atomic E-state index is 13.2. The topological polar surface area (TPSA) is 55.8 Å². The van der Waals surface area contributed by atoms with Crippen molar-refractivity contribution in [1.29, 1.82) is 0 Å². The van der Waals surface area contributed by atoms with Gasteiger partial charge in [0.15, 0.2) is 4.99 Å². The molecule has 0 saturated carbocycles. The van der Waals surface area contributed by atoms with Crippen molar-refractivity contribution < 1.29 is 18.4 Å². The summed E-state index contributed by atoms with van der Waals surface area (Å²) >= 11 is 1.25. The predicted molar refractivity (Wildman–Crippen MR) is 99.6 cm³/mol. The molecule has 5 nitrogen and oxygen atoms in total. The quantitative estimate of drug-likeness (QED) is 0.445. The largest absolute Gasteiger partial charge is 0.353 e. The van der Waals surface area contributed by atoms with Crippen LogP contribution in [0.15, 0.2) is 29.2 Å². The summed E-state index contributed by atoms with van der Waals surface area (Å²) in [6, 6.07) is 7.77. The van der Waals surface area contributed by atoms with E-state index >= 15 is 0 Å². The Bertz CT molecular complexity index is 550. The third-order valence-corrected chi connectivity index (χ3v) is 7.55. The number of hydrogen-bond acceptors (Lipinski definition) is 5. The number of thioether (sulfide) groups is 1. The fourth-order valence-electron chi connectivity index (χ4n) is 2.22. The average molecular weight is 373 g/mol. The number of carbonyl (C=O) groups is 1. The lowest BCUT2D eigenvalue weighted by atomic mass is 10.2. The number of aryl methyl sites for hydroxylation is 1. The molecule has 7 heteroatoms. The van der Waals surface area contributed by atoms with Crippen LogP contribution in [0.2, 0.25) is 0 Å². The summed E-state index contributed by atoms with van der Waals surface area (Å²) < 4.78 is 24.2. The molecule has 0 saturated heterocycles. The van der Waals surface area contributed by atoms with E-state index in [-0.39, 0.29) is 19.1 Å². The lowest BCUT2D eigenvalue weighted by Crippen LogP contribution is -2.38. The van der Waals surface area contributed by atoms with Gasteiger partial charge in [0.05, 0.1) is 13.2 Å². The van der Waals surface area contributed by atoms with E-state index in [0.29, 0.717) is 13.1 Å². The van der Waals surface area contributed by atoms with Crippen LogP contribution in [0.25, 0.3) is 0 Å². The van der Waals surface area contributed by atoms with Crippen LogP contribution in [0.3, 0.4) is 0 Å². The molecule has 0 bridgehead atoms. The van der Waals surface area contributed by atoms with Gasteiger partial charge in [0, 0.05) is 18.0 Å². The monoisotopic (exact) mass is 373 g/mol. The summed E-state index contributed by atoms with van der Waals surface area (Å²) in [7, 11) is -3.57. The van der Waals surface area contributed by atoms with Crippen molar-refractivity contribution in [3.8, 4) is 0 Å². The lowest BCUT2D eigenvalue weighted by molar-refractivity contribution is -0.129. The van der Waals surface area contributed by atoms with Crippen LogP contribution in [0.4, 0.5) is 0 Å². The number of hydrogen-bond donors (Lipinski definition) is 0. The Balaban J connectivity index is 3.20. The molecule has 0 radical (unpaired) electrons. The molecule has 0 N–H and O–H groups in total. The second kappa shape index (κ2) is 10.2. The molecule has 0 aliphatic rings. The van der Waals surface area contributed by atoms with Crippen LogP contribution in [-0.4, -0.2) is 42.1 Å². The van der Waals surface area contributed by atoms with Crippen LogP contribution >= 0.6 is 19.4 Å². The molecule has 1 atom stereocenters. The van der Waals surface area contributed by atoms with Gasteiger partial charge >= 0.3 is 7.60 Å². The Labute approximate surface area is 149 Å². The number of benzene rings is 1. The predicted octanol–water partition coefficient (Wildman–Crippen LogP) is 4.55. The van der Waals surface area contributed by atoms with Crippen LogP contribution in [0.5, 0.6) is 0 Å². The van der Waals surface area contributed by atoms with Crippen LogP contribution in [-0.2, 0) is 18.4 Å². The summed E-state index contributed by atoms with van der Waals surface area (Å²) in [5.74, 6) is -0.212. The first kappa shape index (κ1) is 21.2. The van der Waals surface area contributed by atoms with Crippen molar-refractivity contribution in [1.82, 2.24) is 4.90 Å². The molecule has 0 aliphatic heterocycles. The molecule has 0 spiro atoms. The van der Waals surface area contributed by atoms with Gasteiger partial charge in [-0.1, -0.05) is 29.5 Å². The van der Waals surface area contributed by atoms with E-state index in [1.807, 2.05) is 45.0 Å². The first-order valence-electron chi connectivity index (χ1n) is 8.32. The highest BCUT2D eigenvalue weighted by atomic mass is 32.2. The lowest BCUT2D eigenvalue weighted by Gasteiger charge is -2.29. The van der Waals surface area contributed by atoms with E-state index in [9.17, 15) is 9.36 Å². The second-order valence-electron chi connectivity index (χ2n) is 5.17. The van der Waals surface area contributed by atoms with Gasteiger partial charge in [0.25, 0.3) is 0 Å². The van der Waals surface area contributed by atoms with Crippen molar-refractivity contribution in [2.45, 2.75) is 44.5 Å². The van der Waals surface area contributed by atoms with Crippen molar-refractivity contribution in [3.63, 3.8) is 0 Å². The molecule has 1 amide bonds. The minimum atomic E-state index is -3.57. The molecule has 0 aliphatic carbocycles. The number of nitrogens with zero attached hydrogens (tertiary/aromatic N) is 1. The molecule has 1 aromatic carbocycles. The van der Waals surface area contributed by atoms with Crippen molar-refractivity contribution >= 4 is 25.3 Å². The summed E-state index contributed by atoms with van der Waals surface area (Å²) in [6.45, 7) is 10.9. The molecule has 0 fully saturated rings. The highest BCUT2D eigenvalue weighted by Crippen LogP contribution is 2.58. The van der Waals surface area contributed by atoms with Crippen LogP contribution < -0.4 is 0 Å². The van der Waals surface area contributed by atoms with Gasteiger partial charge in [-0.2, -0.15) is 0 Å². The molecule has 0 heterocycles. The Kier molecular flexibility index (Phi) is 9.06. The van der Waals surface area contributed by atoms with Crippen molar-refractivity contribution in [2.24, 2.45) is 0 Å². The fourth-order valence-corrected chi connectivity index (χ4v) is 5.77. The van der Waals surface area contributed by atoms with Gasteiger partial charge in [-0.3, -0.25) is 9.36 Å². The molecule has 136 valence electrons. The van der Waals surface area contributed by atoms with E-state index in [0.717, 1.165) is 10.5 Å². The fraction of sp³-hybridized carbons (Fsp3) is 0.588. The van der Waals surface area contributed by atoms with Gasteiger partial charge in [0.1, 0.15) is 0 Å². The molecular formula is C17H28NO4PS. The zero-order valence-electron chi connectivity index (χ0n) is 15.2. The number of carbonyl (C=O) groups excluding carboxylic acids is 1. The standard InChI is InChI=1S/C17H28NO4PS/c1-6-18(7-2)16(19)17(23(20,21-8-3)22-9-4)24-15-12-10-14(5)11-13-15/h10-13,17H,6-9H2,1-5H3. The highest BCUT2D eigenvalue weighted by Gasteiger charge is 2.43. The van der Waals surface area contributed by atoms with E-state index < -0.39 is 12.6 Å². The maximum absolute atomic E-state index is 13.2. The Hall–Kier alpha value is -0.810. The summed E-state index contributed by atoms with van der Waals surface area (Å²) in [4.78, 5) is 14.6.